The Morgan fingerprint density at radius 1 is 1.09 bits per heavy atom. The Labute approximate surface area is 186 Å². The molecule has 0 radical (unpaired) electrons. The van der Waals surface area contributed by atoms with Crippen LogP contribution in [0, 0.1) is 0 Å². The highest BCUT2D eigenvalue weighted by atomic mass is 79.9. The number of aromatic nitrogens is 3. The maximum atomic E-state index is 13.8. The normalized spacial score (nSPS) is 12.9. The van der Waals surface area contributed by atoms with E-state index in [2.05, 4.69) is 31.3 Å². The van der Waals surface area contributed by atoms with Gasteiger partial charge in [-0.3, -0.25) is 4.79 Å². The predicted molar refractivity (Wildman–Crippen MR) is 112 cm³/mol. The summed E-state index contributed by atoms with van der Waals surface area (Å²) in [6, 6.07) is 13.7. The highest BCUT2D eigenvalue weighted by molar-refractivity contribution is 9.10. The monoisotopic (exact) mass is 504 g/mol. The fourth-order valence-electron chi connectivity index (χ4n) is 3.27. The molecule has 7 nitrogen and oxygen atoms in total. The second-order valence-corrected chi connectivity index (χ2v) is 7.74. The highest BCUT2D eigenvalue weighted by Gasteiger charge is 2.35. The summed E-state index contributed by atoms with van der Waals surface area (Å²) in [6.45, 7) is 0.00821. The van der Waals surface area contributed by atoms with Crippen molar-refractivity contribution >= 4 is 33.2 Å². The third kappa shape index (κ3) is 3.64. The van der Waals surface area contributed by atoms with Gasteiger partial charge in [0, 0.05) is 16.1 Å². The van der Waals surface area contributed by atoms with E-state index in [1.165, 1.54) is 6.07 Å². The number of alkyl halides is 3. The maximum Gasteiger partial charge on any atom is 0.433 e. The van der Waals surface area contributed by atoms with Crippen LogP contribution in [0.3, 0.4) is 0 Å². The van der Waals surface area contributed by atoms with Crippen LogP contribution in [0.1, 0.15) is 16.2 Å². The number of para-hydroxylation sites is 1. The number of hydrogen-bond acceptors (Lipinski definition) is 5. The molecule has 5 rings (SSSR count). The number of nitrogens with zero attached hydrogens (tertiary/aromatic N) is 3. The van der Waals surface area contributed by atoms with E-state index in [1.54, 1.807) is 42.5 Å². The first-order valence-corrected chi connectivity index (χ1v) is 10.0. The number of nitrogens with one attached hydrogen (secondary N) is 1. The van der Waals surface area contributed by atoms with E-state index in [4.69, 9.17) is 9.47 Å². The number of rotatable bonds is 3. The Balaban J connectivity index is 1.56. The fraction of sp³-hybridized carbons (Fsp3) is 0.0952. The number of carbonyl (C=O) groups excluding carboxylic acids is 1. The van der Waals surface area contributed by atoms with Gasteiger partial charge in [0.25, 0.3) is 5.91 Å². The van der Waals surface area contributed by atoms with E-state index in [0.29, 0.717) is 27.3 Å². The molecule has 0 unspecified atom stereocenters. The molecule has 1 amide bonds. The largest absolute Gasteiger partial charge is 0.454 e. The van der Waals surface area contributed by atoms with Crippen molar-refractivity contribution < 1.29 is 27.4 Å². The van der Waals surface area contributed by atoms with Gasteiger partial charge in [0.05, 0.1) is 11.4 Å². The van der Waals surface area contributed by atoms with Crippen molar-refractivity contribution in [1.82, 2.24) is 14.6 Å². The molecule has 0 saturated carbocycles. The van der Waals surface area contributed by atoms with Crippen LogP contribution in [0.5, 0.6) is 11.5 Å². The predicted octanol–water partition coefficient (Wildman–Crippen LogP) is 5.16. The number of anilines is 1. The van der Waals surface area contributed by atoms with Gasteiger partial charge in [-0.25, -0.2) is 9.50 Å². The van der Waals surface area contributed by atoms with Crippen LogP contribution in [0.25, 0.3) is 16.9 Å². The molecular weight excluding hydrogens is 493 g/mol. The average molecular weight is 505 g/mol. The molecule has 2 aromatic carbocycles. The van der Waals surface area contributed by atoms with Crippen molar-refractivity contribution in [3.63, 3.8) is 0 Å². The van der Waals surface area contributed by atoms with Gasteiger partial charge in [0.2, 0.25) is 6.79 Å². The first-order valence-electron chi connectivity index (χ1n) is 9.23. The second-order valence-electron chi connectivity index (χ2n) is 6.82. The lowest BCUT2D eigenvalue weighted by molar-refractivity contribution is -0.142. The topological polar surface area (TPSA) is 77.8 Å². The molecule has 0 fully saturated rings. The van der Waals surface area contributed by atoms with Gasteiger partial charge in [0.1, 0.15) is 0 Å². The molecule has 1 aliphatic rings. The Morgan fingerprint density at radius 2 is 1.88 bits per heavy atom. The zero-order valence-electron chi connectivity index (χ0n) is 16.0. The van der Waals surface area contributed by atoms with E-state index >= 15 is 0 Å². The summed E-state index contributed by atoms with van der Waals surface area (Å²) in [7, 11) is 0. The molecule has 32 heavy (non-hydrogen) atoms. The van der Waals surface area contributed by atoms with Crippen LogP contribution < -0.4 is 14.8 Å². The molecule has 0 bridgehead atoms. The minimum atomic E-state index is -4.71. The number of halogens is 4. The summed E-state index contributed by atoms with van der Waals surface area (Å²) >= 11 is 3.29. The van der Waals surface area contributed by atoms with Gasteiger partial charge in [-0.05, 0) is 30.3 Å². The quantitative estimate of drug-likeness (QED) is 0.417. The Bertz CT molecular complexity index is 1350. The Kier molecular flexibility index (Phi) is 4.77. The van der Waals surface area contributed by atoms with E-state index in [1.807, 2.05) is 0 Å². The lowest BCUT2D eigenvalue weighted by Gasteiger charge is -2.11. The van der Waals surface area contributed by atoms with Crippen LogP contribution in [0.4, 0.5) is 18.9 Å². The van der Waals surface area contributed by atoms with Crippen molar-refractivity contribution in [3.05, 3.63) is 70.5 Å². The van der Waals surface area contributed by atoms with Crippen LogP contribution in [-0.4, -0.2) is 27.3 Å². The molecule has 1 aliphatic heterocycles. The molecule has 4 aromatic rings. The first-order chi connectivity index (χ1) is 15.3. The second kappa shape index (κ2) is 7.52. The number of carbonyl (C=O) groups is 1. The standard InChI is InChI=1S/C21H12BrF3N4O3/c22-12-6-4-11(5-7-12)14-8-17(21(23,24)25)29-18(26-14)9-15(28-29)20(30)27-13-2-1-3-16-19(13)32-10-31-16/h1-9H,10H2,(H,27,30). The zero-order valence-corrected chi connectivity index (χ0v) is 17.6. The van der Waals surface area contributed by atoms with Crippen LogP contribution in [0.2, 0.25) is 0 Å². The van der Waals surface area contributed by atoms with Gasteiger partial charge in [0.15, 0.2) is 28.5 Å². The maximum absolute atomic E-state index is 13.8. The fourth-order valence-corrected chi connectivity index (χ4v) is 3.54. The van der Waals surface area contributed by atoms with Crippen LogP contribution in [0.15, 0.2) is 59.1 Å². The Hall–Kier alpha value is -3.60. The summed E-state index contributed by atoms with van der Waals surface area (Å²) in [4.78, 5) is 17.0. The summed E-state index contributed by atoms with van der Waals surface area (Å²) in [5, 5.41) is 6.46. The van der Waals surface area contributed by atoms with Gasteiger partial charge in [-0.1, -0.05) is 34.1 Å². The van der Waals surface area contributed by atoms with Crippen LogP contribution >= 0.6 is 15.9 Å². The SMILES string of the molecule is O=C(Nc1cccc2c1OCO2)c1cc2nc(-c3ccc(Br)cc3)cc(C(F)(F)F)n2n1. The molecule has 0 saturated heterocycles. The smallest absolute Gasteiger partial charge is 0.433 e. The van der Waals surface area contributed by atoms with Gasteiger partial charge >= 0.3 is 6.18 Å². The number of fused-ring (bicyclic) bond motifs is 2. The van der Waals surface area contributed by atoms with Gasteiger partial charge < -0.3 is 14.8 Å². The van der Waals surface area contributed by atoms with Crippen molar-refractivity contribution in [1.29, 1.82) is 0 Å². The summed E-state index contributed by atoms with van der Waals surface area (Å²) in [6.07, 6.45) is -4.71. The number of benzene rings is 2. The van der Waals surface area contributed by atoms with Gasteiger partial charge in [-0.2, -0.15) is 18.3 Å². The van der Waals surface area contributed by atoms with Crippen molar-refractivity contribution in [3.8, 4) is 22.8 Å². The zero-order chi connectivity index (χ0) is 22.5. The highest BCUT2D eigenvalue weighted by Crippen LogP contribution is 2.39. The lowest BCUT2D eigenvalue weighted by atomic mass is 10.1. The number of hydrogen-bond donors (Lipinski definition) is 1. The van der Waals surface area contributed by atoms with E-state index < -0.39 is 17.8 Å². The Morgan fingerprint density at radius 3 is 2.62 bits per heavy atom. The number of ether oxygens (including phenoxy) is 2. The summed E-state index contributed by atoms with van der Waals surface area (Å²) < 4.78 is 53.3. The third-order valence-electron chi connectivity index (χ3n) is 4.74. The molecule has 3 heterocycles. The molecule has 11 heteroatoms. The van der Waals surface area contributed by atoms with E-state index in [0.717, 1.165) is 10.5 Å². The van der Waals surface area contributed by atoms with Crippen molar-refractivity contribution in [2.75, 3.05) is 12.1 Å². The average Bonchev–Trinajstić information content (AvgIpc) is 3.40. The summed E-state index contributed by atoms with van der Waals surface area (Å²) in [5.41, 5.74) is -0.465. The third-order valence-corrected chi connectivity index (χ3v) is 5.26. The number of amides is 1. The molecule has 0 aliphatic carbocycles. The molecule has 162 valence electrons. The van der Waals surface area contributed by atoms with Gasteiger partial charge in [-0.15, -0.1) is 0 Å². The van der Waals surface area contributed by atoms with Crippen molar-refractivity contribution in [2.24, 2.45) is 0 Å². The molecule has 1 N–H and O–H groups in total. The molecule has 2 aromatic heterocycles. The summed E-state index contributed by atoms with van der Waals surface area (Å²) in [5.74, 6) is 0.0897. The lowest BCUT2D eigenvalue weighted by Crippen LogP contribution is -2.16. The van der Waals surface area contributed by atoms with E-state index in [-0.39, 0.29) is 23.8 Å². The molecular formula is C21H12BrF3N4O3. The van der Waals surface area contributed by atoms with Crippen molar-refractivity contribution in [2.45, 2.75) is 6.18 Å². The van der Waals surface area contributed by atoms with Crippen LogP contribution in [-0.2, 0) is 6.18 Å². The van der Waals surface area contributed by atoms with E-state index in [9.17, 15) is 18.0 Å². The minimum absolute atomic E-state index is 0.00821. The molecule has 0 spiro atoms. The first kappa shape index (κ1) is 20.3. The minimum Gasteiger partial charge on any atom is -0.454 e. The molecule has 0 atom stereocenters.